The third-order valence-electron chi connectivity index (χ3n) is 3.81. The van der Waals surface area contributed by atoms with Crippen molar-refractivity contribution in [2.75, 3.05) is 11.9 Å². The van der Waals surface area contributed by atoms with Crippen LogP contribution in [0.2, 0.25) is 0 Å². The second-order valence-electron chi connectivity index (χ2n) is 5.32. The van der Waals surface area contributed by atoms with Crippen molar-refractivity contribution >= 4 is 5.95 Å². The second kappa shape index (κ2) is 4.30. The zero-order chi connectivity index (χ0) is 12.7. The van der Waals surface area contributed by atoms with Crippen LogP contribution in [0.1, 0.15) is 24.4 Å². The van der Waals surface area contributed by atoms with E-state index >= 15 is 0 Å². The van der Waals surface area contributed by atoms with E-state index in [9.17, 15) is 0 Å². The van der Waals surface area contributed by atoms with E-state index in [4.69, 9.17) is 4.74 Å². The Labute approximate surface area is 112 Å². The summed E-state index contributed by atoms with van der Waals surface area (Å²) < 4.78 is 8.16. The number of rotatable bonds is 4. The van der Waals surface area contributed by atoms with Gasteiger partial charge in [0.25, 0.3) is 0 Å². The van der Waals surface area contributed by atoms with Gasteiger partial charge in [0.2, 0.25) is 5.95 Å². The van der Waals surface area contributed by atoms with Gasteiger partial charge in [0.1, 0.15) is 11.9 Å². The van der Waals surface area contributed by atoms with E-state index in [1.165, 1.54) is 18.4 Å². The number of benzene rings is 1. The number of imidazole rings is 1. The molecule has 4 rings (SSSR count). The van der Waals surface area contributed by atoms with Gasteiger partial charge in [-0.15, -0.1) is 0 Å². The van der Waals surface area contributed by atoms with Gasteiger partial charge in [0.15, 0.2) is 0 Å². The molecule has 1 unspecified atom stereocenters. The highest BCUT2D eigenvalue weighted by molar-refractivity contribution is 5.38. The monoisotopic (exact) mass is 255 g/mol. The highest BCUT2D eigenvalue weighted by atomic mass is 16.5. The van der Waals surface area contributed by atoms with E-state index in [0.29, 0.717) is 6.04 Å². The van der Waals surface area contributed by atoms with Crippen molar-refractivity contribution in [2.24, 2.45) is 0 Å². The Morgan fingerprint density at radius 1 is 1.32 bits per heavy atom. The first-order valence-electron chi connectivity index (χ1n) is 6.91. The minimum Gasteiger partial charge on any atom is -0.488 e. The van der Waals surface area contributed by atoms with Gasteiger partial charge in [-0.1, -0.05) is 18.2 Å². The Bertz CT molecular complexity index is 564. The average molecular weight is 255 g/mol. The van der Waals surface area contributed by atoms with Gasteiger partial charge in [0, 0.05) is 24.9 Å². The minimum atomic E-state index is 0.210. The normalized spacial score (nSPS) is 20.9. The van der Waals surface area contributed by atoms with Gasteiger partial charge >= 0.3 is 0 Å². The van der Waals surface area contributed by atoms with Crippen LogP contribution in [0.3, 0.4) is 0 Å². The van der Waals surface area contributed by atoms with Crippen LogP contribution in [0.25, 0.3) is 0 Å². The largest absolute Gasteiger partial charge is 0.488 e. The molecule has 1 aliphatic heterocycles. The van der Waals surface area contributed by atoms with Crippen LogP contribution in [-0.4, -0.2) is 22.2 Å². The van der Waals surface area contributed by atoms with Crippen molar-refractivity contribution in [3.8, 4) is 5.75 Å². The molecule has 0 amide bonds. The Morgan fingerprint density at radius 2 is 2.21 bits per heavy atom. The van der Waals surface area contributed by atoms with Crippen LogP contribution >= 0.6 is 0 Å². The van der Waals surface area contributed by atoms with Crippen LogP contribution < -0.4 is 10.1 Å². The van der Waals surface area contributed by atoms with E-state index in [2.05, 4.69) is 33.2 Å². The summed E-state index contributed by atoms with van der Waals surface area (Å²) >= 11 is 0. The maximum atomic E-state index is 5.92. The Morgan fingerprint density at radius 3 is 3.05 bits per heavy atom. The molecule has 2 aliphatic rings. The molecule has 0 spiro atoms. The first-order valence-corrected chi connectivity index (χ1v) is 6.91. The minimum absolute atomic E-state index is 0.210. The van der Waals surface area contributed by atoms with Crippen molar-refractivity contribution in [2.45, 2.75) is 31.4 Å². The number of ether oxygens (including phenoxy) is 1. The third kappa shape index (κ3) is 2.07. The van der Waals surface area contributed by atoms with Gasteiger partial charge in [-0.3, -0.25) is 0 Å². The van der Waals surface area contributed by atoms with E-state index in [1.54, 1.807) is 0 Å². The summed E-state index contributed by atoms with van der Waals surface area (Å²) in [6.45, 7) is 0.804. The summed E-state index contributed by atoms with van der Waals surface area (Å²) in [6, 6.07) is 8.93. The highest BCUT2D eigenvalue weighted by Gasteiger charge is 2.26. The van der Waals surface area contributed by atoms with Crippen LogP contribution in [0, 0.1) is 0 Å². The predicted molar refractivity (Wildman–Crippen MR) is 73.5 cm³/mol. The second-order valence-corrected chi connectivity index (χ2v) is 5.32. The molecule has 4 heteroatoms. The topological polar surface area (TPSA) is 39.1 Å². The molecule has 1 aliphatic carbocycles. The summed E-state index contributed by atoms with van der Waals surface area (Å²) in [5.41, 5.74) is 1.31. The fourth-order valence-electron chi connectivity index (χ4n) is 2.67. The molecule has 4 nitrogen and oxygen atoms in total. The molecular weight excluding hydrogens is 238 g/mol. The maximum absolute atomic E-state index is 5.92. The number of nitrogens with one attached hydrogen (secondary N) is 1. The number of nitrogens with zero attached hydrogens (tertiary/aromatic N) is 2. The number of hydrogen-bond donors (Lipinski definition) is 1. The molecule has 1 saturated carbocycles. The van der Waals surface area contributed by atoms with Crippen molar-refractivity contribution < 1.29 is 4.74 Å². The summed E-state index contributed by atoms with van der Waals surface area (Å²) in [4.78, 5) is 4.38. The van der Waals surface area contributed by atoms with Gasteiger partial charge in [-0.2, -0.15) is 0 Å². The lowest BCUT2D eigenvalue weighted by atomic mass is 10.1. The van der Waals surface area contributed by atoms with Crippen LogP contribution in [0.15, 0.2) is 36.7 Å². The molecule has 1 aromatic heterocycles. The van der Waals surface area contributed by atoms with E-state index < -0.39 is 0 Å². The highest BCUT2D eigenvalue weighted by Crippen LogP contribution is 2.36. The molecule has 0 radical (unpaired) electrons. The van der Waals surface area contributed by atoms with Gasteiger partial charge in [0.05, 0.1) is 6.54 Å². The summed E-state index contributed by atoms with van der Waals surface area (Å²) in [5.74, 6) is 2.00. The van der Waals surface area contributed by atoms with Gasteiger partial charge in [-0.05, 0) is 24.5 Å². The molecular formula is C15H17N3O. The fraction of sp³-hybridized carbons (Fsp3) is 0.400. The van der Waals surface area contributed by atoms with Crippen molar-refractivity contribution in [3.63, 3.8) is 0 Å². The quantitative estimate of drug-likeness (QED) is 0.912. The Hall–Kier alpha value is -1.97. The van der Waals surface area contributed by atoms with E-state index in [-0.39, 0.29) is 6.10 Å². The SMILES string of the molecule is c1ccc2c(c1)CC(CNc1nccn1C1CC1)O2. The van der Waals surface area contributed by atoms with E-state index in [0.717, 1.165) is 24.7 Å². The van der Waals surface area contributed by atoms with Gasteiger partial charge in [-0.25, -0.2) is 4.98 Å². The molecule has 98 valence electrons. The summed E-state index contributed by atoms with van der Waals surface area (Å²) in [7, 11) is 0. The number of aromatic nitrogens is 2. The van der Waals surface area contributed by atoms with Crippen molar-refractivity contribution in [1.82, 2.24) is 9.55 Å². The van der Waals surface area contributed by atoms with Crippen LogP contribution in [-0.2, 0) is 6.42 Å². The molecule has 2 aromatic rings. The molecule has 2 heterocycles. The fourth-order valence-corrected chi connectivity index (χ4v) is 2.67. The van der Waals surface area contributed by atoms with Crippen LogP contribution in [0.4, 0.5) is 5.95 Å². The number of anilines is 1. The smallest absolute Gasteiger partial charge is 0.203 e. The molecule has 1 N–H and O–H groups in total. The first kappa shape index (κ1) is 10.9. The number of hydrogen-bond acceptors (Lipinski definition) is 3. The summed E-state index contributed by atoms with van der Waals surface area (Å²) in [6.07, 6.45) is 7.66. The van der Waals surface area contributed by atoms with E-state index in [1.807, 2.05) is 18.3 Å². The number of fused-ring (bicyclic) bond motifs is 1. The molecule has 1 aromatic carbocycles. The summed E-state index contributed by atoms with van der Waals surface area (Å²) in [5, 5.41) is 3.42. The molecule has 0 saturated heterocycles. The first-order chi connectivity index (χ1) is 9.40. The average Bonchev–Trinajstić information content (AvgIpc) is 3.03. The third-order valence-corrected chi connectivity index (χ3v) is 3.81. The maximum Gasteiger partial charge on any atom is 0.203 e. The lowest BCUT2D eigenvalue weighted by Crippen LogP contribution is -2.25. The number of para-hydroxylation sites is 1. The Balaban J connectivity index is 1.40. The Kier molecular flexibility index (Phi) is 2.47. The molecule has 1 atom stereocenters. The molecule has 0 bridgehead atoms. The van der Waals surface area contributed by atoms with Crippen LogP contribution in [0.5, 0.6) is 5.75 Å². The molecule has 1 fully saturated rings. The lowest BCUT2D eigenvalue weighted by Gasteiger charge is -2.13. The molecule has 19 heavy (non-hydrogen) atoms. The van der Waals surface area contributed by atoms with Crippen molar-refractivity contribution in [1.29, 1.82) is 0 Å². The zero-order valence-corrected chi connectivity index (χ0v) is 10.7. The van der Waals surface area contributed by atoms with Gasteiger partial charge < -0.3 is 14.6 Å². The van der Waals surface area contributed by atoms with Crippen molar-refractivity contribution in [3.05, 3.63) is 42.2 Å². The lowest BCUT2D eigenvalue weighted by molar-refractivity contribution is 0.246. The zero-order valence-electron chi connectivity index (χ0n) is 10.7. The standard InChI is InChI=1S/C15H17N3O/c1-2-4-14-11(3-1)9-13(19-14)10-17-15-16-7-8-18(15)12-5-6-12/h1-4,7-8,12-13H,5-6,9-10H2,(H,16,17). The predicted octanol–water partition coefficient (Wildman–Crippen LogP) is 2.63.